The quantitative estimate of drug-likeness (QED) is 0.821. The summed E-state index contributed by atoms with van der Waals surface area (Å²) in [5, 5.41) is 8.99. The average molecular weight is 314 g/mol. The Hall–Kier alpha value is -0.540. The molecule has 0 aliphatic rings. The van der Waals surface area contributed by atoms with E-state index in [9.17, 15) is 0 Å². The summed E-state index contributed by atoms with van der Waals surface area (Å²) in [4.78, 5) is 0. The van der Waals surface area contributed by atoms with Crippen molar-refractivity contribution in [2.24, 2.45) is 24.3 Å². The van der Waals surface area contributed by atoms with Crippen molar-refractivity contribution in [3.63, 3.8) is 0 Å². The van der Waals surface area contributed by atoms with Gasteiger partial charge in [-0.15, -0.1) is 0 Å². The molecule has 1 heterocycles. The third-order valence-corrected chi connectivity index (χ3v) is 4.55. The van der Waals surface area contributed by atoms with Gasteiger partial charge in [0.25, 0.3) is 0 Å². The normalized spacial score (nSPS) is 14.0. The van der Waals surface area contributed by atoms with Gasteiger partial charge in [-0.3, -0.25) is 4.68 Å². The molecule has 122 valence electrons. The molecule has 1 aromatic heterocycles. The summed E-state index contributed by atoms with van der Waals surface area (Å²) < 4.78 is 1.96. The highest BCUT2D eigenvalue weighted by atomic mass is 35.5. The van der Waals surface area contributed by atoms with Gasteiger partial charge < -0.3 is 5.32 Å². The zero-order valence-electron chi connectivity index (χ0n) is 14.8. The van der Waals surface area contributed by atoms with Crippen LogP contribution in [0, 0.1) is 17.3 Å². The molecule has 1 aromatic rings. The Morgan fingerprint density at radius 1 is 1.24 bits per heavy atom. The molecule has 0 amide bonds. The van der Waals surface area contributed by atoms with Crippen LogP contribution in [0.15, 0.2) is 0 Å². The lowest BCUT2D eigenvalue weighted by Crippen LogP contribution is -2.35. The van der Waals surface area contributed by atoms with Crippen molar-refractivity contribution in [1.29, 1.82) is 0 Å². The second-order valence-corrected chi connectivity index (χ2v) is 7.88. The molecule has 1 N–H and O–H groups in total. The molecule has 0 bridgehead atoms. The number of hydrogen-bond donors (Lipinski definition) is 1. The van der Waals surface area contributed by atoms with Crippen molar-refractivity contribution < 1.29 is 0 Å². The third kappa shape index (κ3) is 5.30. The molecule has 0 aliphatic carbocycles. The van der Waals surface area contributed by atoms with Crippen molar-refractivity contribution in [1.82, 2.24) is 15.1 Å². The Balaban J connectivity index is 2.84. The van der Waals surface area contributed by atoms with Crippen LogP contribution in [0.25, 0.3) is 0 Å². The fourth-order valence-corrected chi connectivity index (χ4v) is 2.88. The standard InChI is InChI=1S/C17H32ClN3/c1-8-14-16(18)15(21(7)20-14)9-13(17(4,5)6)11-19-10-12(2)3/h12-13,19H,8-11H2,1-7H3. The van der Waals surface area contributed by atoms with Crippen molar-refractivity contribution in [3.8, 4) is 0 Å². The van der Waals surface area contributed by atoms with E-state index in [4.69, 9.17) is 11.6 Å². The summed E-state index contributed by atoms with van der Waals surface area (Å²) >= 11 is 6.50. The summed E-state index contributed by atoms with van der Waals surface area (Å²) in [5.74, 6) is 1.21. The number of hydrogen-bond acceptors (Lipinski definition) is 2. The number of aromatic nitrogens is 2. The predicted molar refractivity (Wildman–Crippen MR) is 92.0 cm³/mol. The van der Waals surface area contributed by atoms with Gasteiger partial charge >= 0.3 is 0 Å². The minimum Gasteiger partial charge on any atom is -0.316 e. The number of nitrogens with zero attached hydrogens (tertiary/aromatic N) is 2. The molecule has 0 saturated carbocycles. The van der Waals surface area contributed by atoms with Crippen LogP contribution in [-0.2, 0) is 19.9 Å². The van der Waals surface area contributed by atoms with Crippen LogP contribution in [0.2, 0.25) is 5.02 Å². The summed E-state index contributed by atoms with van der Waals surface area (Å²) in [6, 6.07) is 0. The van der Waals surface area contributed by atoms with Gasteiger partial charge in [0.1, 0.15) is 0 Å². The molecular weight excluding hydrogens is 282 g/mol. The van der Waals surface area contributed by atoms with Gasteiger partial charge in [0.2, 0.25) is 0 Å². The maximum atomic E-state index is 6.50. The SMILES string of the molecule is CCc1nn(C)c(CC(CNCC(C)C)C(C)(C)C)c1Cl. The van der Waals surface area contributed by atoms with E-state index in [-0.39, 0.29) is 5.41 Å². The van der Waals surface area contributed by atoms with Gasteiger partial charge in [0.05, 0.1) is 16.4 Å². The molecule has 0 saturated heterocycles. The molecule has 1 atom stereocenters. The molecule has 4 heteroatoms. The molecule has 3 nitrogen and oxygen atoms in total. The zero-order chi connectivity index (χ0) is 16.2. The molecule has 0 aromatic carbocycles. The fraction of sp³-hybridized carbons (Fsp3) is 0.824. The van der Waals surface area contributed by atoms with Crippen molar-refractivity contribution in [2.45, 2.75) is 54.4 Å². The highest BCUT2D eigenvalue weighted by molar-refractivity contribution is 6.31. The monoisotopic (exact) mass is 313 g/mol. The van der Waals surface area contributed by atoms with Crippen molar-refractivity contribution in [3.05, 3.63) is 16.4 Å². The van der Waals surface area contributed by atoms with E-state index in [1.54, 1.807) is 0 Å². The number of halogens is 1. The Kier molecular flexibility index (Phi) is 6.73. The number of rotatable bonds is 7. The molecular formula is C17H32ClN3. The van der Waals surface area contributed by atoms with Gasteiger partial charge in [-0.1, -0.05) is 53.1 Å². The van der Waals surface area contributed by atoms with Crippen LogP contribution < -0.4 is 5.32 Å². The zero-order valence-corrected chi connectivity index (χ0v) is 15.5. The van der Waals surface area contributed by atoms with Gasteiger partial charge in [0.15, 0.2) is 0 Å². The van der Waals surface area contributed by atoms with E-state index in [2.05, 4.69) is 52.0 Å². The topological polar surface area (TPSA) is 29.9 Å². The second kappa shape index (κ2) is 7.64. The first kappa shape index (κ1) is 18.5. The Bertz CT molecular complexity index is 444. The lowest BCUT2D eigenvalue weighted by molar-refractivity contribution is 0.225. The van der Waals surface area contributed by atoms with Gasteiger partial charge in [-0.25, -0.2) is 0 Å². The molecule has 0 spiro atoms. The van der Waals surface area contributed by atoms with Crippen LogP contribution in [0.4, 0.5) is 0 Å². The Labute approximate surface area is 135 Å². The van der Waals surface area contributed by atoms with E-state index < -0.39 is 0 Å². The molecule has 21 heavy (non-hydrogen) atoms. The predicted octanol–water partition coefficient (Wildman–Crippen LogP) is 4.09. The Morgan fingerprint density at radius 3 is 2.29 bits per heavy atom. The average Bonchev–Trinajstić information content (AvgIpc) is 2.62. The van der Waals surface area contributed by atoms with Crippen LogP contribution >= 0.6 is 11.6 Å². The van der Waals surface area contributed by atoms with Crippen molar-refractivity contribution >= 4 is 11.6 Å². The molecule has 0 aliphatic heterocycles. The van der Waals surface area contributed by atoms with Gasteiger partial charge in [0, 0.05) is 7.05 Å². The third-order valence-electron chi connectivity index (χ3n) is 4.11. The second-order valence-electron chi connectivity index (χ2n) is 7.50. The van der Waals surface area contributed by atoms with Crippen LogP contribution in [0.3, 0.4) is 0 Å². The summed E-state index contributed by atoms with van der Waals surface area (Å²) in [6.45, 7) is 15.6. The van der Waals surface area contributed by atoms with Gasteiger partial charge in [-0.05, 0) is 43.2 Å². The van der Waals surface area contributed by atoms with E-state index in [1.807, 2.05) is 11.7 Å². The van der Waals surface area contributed by atoms with Crippen molar-refractivity contribution in [2.75, 3.05) is 13.1 Å². The molecule has 1 unspecified atom stereocenters. The van der Waals surface area contributed by atoms with Crippen LogP contribution in [-0.4, -0.2) is 22.9 Å². The van der Waals surface area contributed by atoms with E-state index >= 15 is 0 Å². The molecule has 0 fully saturated rings. The molecule has 1 rings (SSSR count). The first-order chi connectivity index (χ1) is 9.66. The lowest BCUT2D eigenvalue weighted by atomic mass is 9.78. The largest absolute Gasteiger partial charge is 0.316 e. The highest BCUT2D eigenvalue weighted by Crippen LogP contribution is 2.31. The van der Waals surface area contributed by atoms with Crippen LogP contribution in [0.1, 0.15) is 52.9 Å². The van der Waals surface area contributed by atoms with E-state index in [0.717, 1.165) is 36.6 Å². The van der Waals surface area contributed by atoms with E-state index in [0.29, 0.717) is 11.8 Å². The fourth-order valence-electron chi connectivity index (χ4n) is 2.51. The summed E-state index contributed by atoms with van der Waals surface area (Å²) in [7, 11) is 2.00. The smallest absolute Gasteiger partial charge is 0.0849 e. The minimum atomic E-state index is 0.240. The maximum absolute atomic E-state index is 6.50. The Morgan fingerprint density at radius 2 is 1.86 bits per heavy atom. The van der Waals surface area contributed by atoms with Gasteiger partial charge in [-0.2, -0.15) is 5.10 Å². The minimum absolute atomic E-state index is 0.240. The number of aryl methyl sites for hydroxylation is 2. The highest BCUT2D eigenvalue weighted by Gasteiger charge is 2.27. The first-order valence-corrected chi connectivity index (χ1v) is 8.45. The summed E-state index contributed by atoms with van der Waals surface area (Å²) in [5.41, 5.74) is 2.42. The number of nitrogens with one attached hydrogen (secondary N) is 1. The maximum Gasteiger partial charge on any atom is 0.0849 e. The summed E-state index contributed by atoms with van der Waals surface area (Å²) in [6.07, 6.45) is 1.86. The lowest BCUT2D eigenvalue weighted by Gasteiger charge is -2.31. The molecule has 0 radical (unpaired) electrons. The first-order valence-electron chi connectivity index (χ1n) is 8.07. The van der Waals surface area contributed by atoms with E-state index in [1.165, 1.54) is 5.69 Å². The van der Waals surface area contributed by atoms with Crippen LogP contribution in [0.5, 0.6) is 0 Å².